The van der Waals surface area contributed by atoms with Gasteiger partial charge in [0.1, 0.15) is 11.5 Å². The maximum atomic E-state index is 12.2. The van der Waals surface area contributed by atoms with Gasteiger partial charge in [-0.25, -0.2) is 9.97 Å². The maximum absolute atomic E-state index is 12.2. The van der Waals surface area contributed by atoms with Gasteiger partial charge < -0.3 is 10.6 Å². The van der Waals surface area contributed by atoms with Gasteiger partial charge in [0, 0.05) is 17.3 Å². The lowest BCUT2D eigenvalue weighted by atomic mass is 10.1. The molecule has 0 atom stereocenters. The molecule has 3 rings (SSSR count). The number of nitrogens with one attached hydrogen (secondary N) is 2. The van der Waals surface area contributed by atoms with Crippen molar-refractivity contribution in [1.29, 1.82) is 0 Å². The molecular weight excluding hydrogens is 348 g/mol. The Kier molecular flexibility index (Phi) is 5.49. The minimum atomic E-state index is -0.273. The van der Waals surface area contributed by atoms with Crippen molar-refractivity contribution in [2.24, 2.45) is 0 Å². The van der Waals surface area contributed by atoms with Crippen LogP contribution in [0, 0.1) is 13.8 Å². The van der Waals surface area contributed by atoms with Crippen LogP contribution in [0.15, 0.2) is 54.9 Å². The van der Waals surface area contributed by atoms with E-state index in [1.165, 1.54) is 17.3 Å². The Hall–Kier alpha value is -2.92. The Labute approximate surface area is 157 Å². The van der Waals surface area contributed by atoms with E-state index in [9.17, 15) is 4.79 Å². The van der Waals surface area contributed by atoms with Crippen LogP contribution in [0.25, 0.3) is 0 Å². The van der Waals surface area contributed by atoms with Crippen LogP contribution in [0.3, 0.4) is 0 Å². The molecule has 26 heavy (non-hydrogen) atoms. The number of hydrogen-bond acceptors (Lipinski definition) is 4. The van der Waals surface area contributed by atoms with E-state index >= 15 is 0 Å². The molecule has 0 saturated carbocycles. The van der Waals surface area contributed by atoms with Crippen molar-refractivity contribution in [2.45, 2.75) is 20.4 Å². The van der Waals surface area contributed by atoms with Crippen LogP contribution >= 0.6 is 11.6 Å². The quantitative estimate of drug-likeness (QED) is 0.701. The first-order chi connectivity index (χ1) is 12.5. The van der Waals surface area contributed by atoms with E-state index in [-0.39, 0.29) is 11.6 Å². The summed E-state index contributed by atoms with van der Waals surface area (Å²) in [7, 11) is 0. The molecular formula is C20H19ClN4O. The lowest BCUT2D eigenvalue weighted by Crippen LogP contribution is -2.24. The van der Waals surface area contributed by atoms with E-state index < -0.39 is 0 Å². The number of nitrogens with zero attached hydrogens (tertiary/aromatic N) is 2. The van der Waals surface area contributed by atoms with Gasteiger partial charge in [-0.15, -0.1) is 0 Å². The summed E-state index contributed by atoms with van der Waals surface area (Å²) in [5.74, 6) is 0.313. The SMILES string of the molecule is Cc1ccc(Nc2cnc(C(=O)NCc3ccc(Cl)cc3)cn2)cc1C. The minimum absolute atomic E-state index is 0.268. The highest BCUT2D eigenvalue weighted by Crippen LogP contribution is 2.17. The molecule has 0 aliphatic heterocycles. The van der Waals surface area contributed by atoms with E-state index in [0.29, 0.717) is 17.4 Å². The average Bonchev–Trinajstić information content (AvgIpc) is 2.65. The van der Waals surface area contributed by atoms with Gasteiger partial charge in [-0.05, 0) is 54.8 Å². The summed E-state index contributed by atoms with van der Waals surface area (Å²) in [5, 5.41) is 6.66. The van der Waals surface area contributed by atoms with E-state index in [1.54, 1.807) is 18.3 Å². The van der Waals surface area contributed by atoms with Crippen LogP contribution in [0.4, 0.5) is 11.5 Å². The van der Waals surface area contributed by atoms with Crippen LogP contribution in [0.5, 0.6) is 0 Å². The van der Waals surface area contributed by atoms with Gasteiger partial charge in [-0.2, -0.15) is 0 Å². The average molecular weight is 367 g/mol. The Morgan fingerprint density at radius 3 is 2.42 bits per heavy atom. The van der Waals surface area contributed by atoms with Crippen LogP contribution < -0.4 is 10.6 Å². The first-order valence-corrected chi connectivity index (χ1v) is 8.58. The third-order valence-corrected chi connectivity index (χ3v) is 4.28. The third-order valence-electron chi connectivity index (χ3n) is 4.03. The molecule has 2 aromatic carbocycles. The molecule has 6 heteroatoms. The number of benzene rings is 2. The summed E-state index contributed by atoms with van der Waals surface area (Å²) in [4.78, 5) is 20.6. The van der Waals surface area contributed by atoms with Gasteiger partial charge in [0.05, 0.1) is 12.4 Å². The van der Waals surface area contributed by atoms with Gasteiger partial charge >= 0.3 is 0 Å². The van der Waals surface area contributed by atoms with Crippen LogP contribution in [-0.2, 0) is 6.54 Å². The lowest BCUT2D eigenvalue weighted by Gasteiger charge is -2.08. The fourth-order valence-corrected chi connectivity index (χ4v) is 2.48. The molecule has 2 N–H and O–H groups in total. The van der Waals surface area contributed by atoms with Crippen LogP contribution in [-0.4, -0.2) is 15.9 Å². The van der Waals surface area contributed by atoms with E-state index in [2.05, 4.69) is 34.4 Å². The second-order valence-corrected chi connectivity index (χ2v) is 6.46. The van der Waals surface area contributed by atoms with Crippen molar-refractivity contribution in [2.75, 3.05) is 5.32 Å². The van der Waals surface area contributed by atoms with E-state index in [0.717, 1.165) is 11.3 Å². The number of aryl methyl sites for hydroxylation is 2. The van der Waals surface area contributed by atoms with Gasteiger partial charge in [0.15, 0.2) is 0 Å². The smallest absolute Gasteiger partial charge is 0.271 e. The van der Waals surface area contributed by atoms with Crippen molar-refractivity contribution < 1.29 is 4.79 Å². The standard InChI is InChI=1S/C20H19ClN4O/c1-13-3-8-17(9-14(13)2)25-19-12-22-18(11-23-19)20(26)24-10-15-4-6-16(21)7-5-15/h3-9,11-12H,10H2,1-2H3,(H,23,25)(H,24,26). The zero-order valence-corrected chi connectivity index (χ0v) is 15.3. The minimum Gasteiger partial charge on any atom is -0.347 e. The number of anilines is 2. The number of hydrogen-bond donors (Lipinski definition) is 2. The number of amides is 1. The fraction of sp³-hybridized carbons (Fsp3) is 0.150. The zero-order valence-electron chi connectivity index (χ0n) is 14.6. The molecule has 0 spiro atoms. The lowest BCUT2D eigenvalue weighted by molar-refractivity contribution is 0.0945. The molecule has 0 aliphatic carbocycles. The predicted molar refractivity (Wildman–Crippen MR) is 104 cm³/mol. The van der Waals surface area contributed by atoms with Crippen LogP contribution in [0.2, 0.25) is 5.02 Å². The summed E-state index contributed by atoms with van der Waals surface area (Å²) in [6, 6.07) is 13.4. The Balaban J connectivity index is 1.60. The van der Waals surface area contributed by atoms with Gasteiger partial charge in [0.25, 0.3) is 5.91 Å². The Morgan fingerprint density at radius 1 is 1.00 bits per heavy atom. The monoisotopic (exact) mass is 366 g/mol. The largest absolute Gasteiger partial charge is 0.347 e. The number of rotatable bonds is 5. The molecule has 0 bridgehead atoms. The van der Waals surface area contributed by atoms with Crippen molar-refractivity contribution in [1.82, 2.24) is 15.3 Å². The highest BCUT2D eigenvalue weighted by molar-refractivity contribution is 6.30. The molecule has 0 aliphatic rings. The van der Waals surface area contributed by atoms with Crippen molar-refractivity contribution >= 4 is 29.0 Å². The molecule has 0 saturated heterocycles. The summed E-state index contributed by atoms with van der Waals surface area (Å²) < 4.78 is 0. The maximum Gasteiger partial charge on any atom is 0.271 e. The normalized spacial score (nSPS) is 10.4. The number of halogens is 1. The summed E-state index contributed by atoms with van der Waals surface area (Å²) in [5.41, 5.74) is 4.59. The zero-order chi connectivity index (χ0) is 18.5. The highest BCUT2D eigenvalue weighted by Gasteiger charge is 2.08. The number of aromatic nitrogens is 2. The highest BCUT2D eigenvalue weighted by atomic mass is 35.5. The molecule has 0 unspecified atom stereocenters. The molecule has 0 radical (unpaired) electrons. The summed E-state index contributed by atoms with van der Waals surface area (Å²) in [6.07, 6.45) is 3.01. The van der Waals surface area contributed by atoms with Crippen molar-refractivity contribution in [3.8, 4) is 0 Å². The van der Waals surface area contributed by atoms with E-state index in [4.69, 9.17) is 11.6 Å². The first-order valence-electron chi connectivity index (χ1n) is 8.20. The second-order valence-electron chi connectivity index (χ2n) is 6.02. The van der Waals surface area contributed by atoms with Crippen molar-refractivity contribution in [3.63, 3.8) is 0 Å². The van der Waals surface area contributed by atoms with Gasteiger partial charge in [-0.3, -0.25) is 4.79 Å². The summed E-state index contributed by atoms with van der Waals surface area (Å²) in [6.45, 7) is 4.52. The topological polar surface area (TPSA) is 66.9 Å². The molecule has 0 fully saturated rings. The summed E-state index contributed by atoms with van der Waals surface area (Å²) >= 11 is 5.85. The second kappa shape index (κ2) is 7.97. The van der Waals surface area contributed by atoms with Gasteiger partial charge in [-0.1, -0.05) is 29.8 Å². The Bertz CT molecular complexity index is 908. The molecule has 1 aromatic heterocycles. The van der Waals surface area contributed by atoms with Crippen LogP contribution in [0.1, 0.15) is 27.2 Å². The Morgan fingerprint density at radius 2 is 1.77 bits per heavy atom. The predicted octanol–water partition coefficient (Wildman–Crippen LogP) is 4.42. The molecule has 3 aromatic rings. The number of carbonyl (C=O) groups excluding carboxylic acids is 1. The van der Waals surface area contributed by atoms with Crippen molar-refractivity contribution in [3.05, 3.63) is 82.3 Å². The molecule has 132 valence electrons. The molecule has 5 nitrogen and oxygen atoms in total. The third kappa shape index (κ3) is 4.58. The van der Waals surface area contributed by atoms with E-state index in [1.807, 2.05) is 30.3 Å². The molecule has 1 amide bonds. The molecule has 1 heterocycles. The number of carbonyl (C=O) groups is 1. The fourth-order valence-electron chi connectivity index (χ4n) is 2.35. The van der Waals surface area contributed by atoms with Gasteiger partial charge in [0.2, 0.25) is 0 Å². The first kappa shape index (κ1) is 17.9.